The maximum atomic E-state index is 15.0. The van der Waals surface area contributed by atoms with Crippen LogP contribution >= 0.6 is 0 Å². The van der Waals surface area contributed by atoms with E-state index >= 15 is 8.78 Å². The highest BCUT2D eigenvalue weighted by atomic mass is 19.3. The lowest BCUT2D eigenvalue weighted by Crippen LogP contribution is -2.41. The van der Waals surface area contributed by atoms with Gasteiger partial charge in [0.2, 0.25) is 0 Å². The second-order valence-electron chi connectivity index (χ2n) is 8.22. The van der Waals surface area contributed by atoms with Gasteiger partial charge in [-0.25, -0.2) is 32.2 Å². The van der Waals surface area contributed by atoms with Gasteiger partial charge < -0.3 is 15.0 Å². The fraction of sp³-hybridized carbons (Fsp3) is 0.476. The van der Waals surface area contributed by atoms with E-state index in [2.05, 4.69) is 20.7 Å². The van der Waals surface area contributed by atoms with Crippen LogP contribution in [0.15, 0.2) is 18.3 Å². The lowest BCUT2D eigenvalue weighted by Gasteiger charge is -2.24. The van der Waals surface area contributed by atoms with E-state index in [0.29, 0.717) is 5.69 Å². The third-order valence-electron chi connectivity index (χ3n) is 5.75. The first-order chi connectivity index (χ1) is 17.7. The Labute approximate surface area is 207 Å². The van der Waals surface area contributed by atoms with Crippen molar-refractivity contribution >= 4 is 29.3 Å². The predicted molar refractivity (Wildman–Crippen MR) is 118 cm³/mol. The standard InChI is InChI=1S/C21H23F4N7O5/c22-15-7-13(31-11-14(37-21(31)35)1-2-17(33)19(24)25)8-16(23)18(15)30-3-4-32(36-6-5-30)20(34)26-9-12-10-27-29-28-12/h7-8,10,14,19H,1-6,9,11H2,(H,26,34)(H,27,28,29)/t14-/m0/s1. The molecule has 3 amide bonds. The van der Waals surface area contributed by atoms with Crippen LogP contribution in [0.5, 0.6) is 0 Å². The van der Waals surface area contributed by atoms with Crippen LogP contribution < -0.4 is 15.1 Å². The summed E-state index contributed by atoms with van der Waals surface area (Å²) in [5.41, 5.74) is 0.0269. The Morgan fingerprint density at radius 3 is 2.62 bits per heavy atom. The Balaban J connectivity index is 1.37. The van der Waals surface area contributed by atoms with Gasteiger partial charge in [-0.3, -0.25) is 14.5 Å². The van der Waals surface area contributed by atoms with Gasteiger partial charge in [-0.1, -0.05) is 0 Å². The minimum Gasteiger partial charge on any atom is -0.444 e. The number of nitrogens with one attached hydrogen (secondary N) is 2. The summed E-state index contributed by atoms with van der Waals surface area (Å²) >= 11 is 0. The maximum Gasteiger partial charge on any atom is 0.414 e. The molecule has 37 heavy (non-hydrogen) atoms. The zero-order valence-electron chi connectivity index (χ0n) is 19.3. The van der Waals surface area contributed by atoms with Gasteiger partial charge in [0.15, 0.2) is 17.4 Å². The number of aromatic amines is 1. The van der Waals surface area contributed by atoms with Crippen molar-refractivity contribution in [3.63, 3.8) is 0 Å². The van der Waals surface area contributed by atoms with Crippen molar-refractivity contribution in [2.45, 2.75) is 31.9 Å². The molecule has 2 N–H and O–H groups in total. The molecule has 4 rings (SSSR count). The number of hydrogen-bond acceptors (Lipinski definition) is 8. The van der Waals surface area contributed by atoms with E-state index in [1.807, 2.05) is 0 Å². The molecule has 1 aromatic heterocycles. The normalized spacial score (nSPS) is 18.2. The number of alkyl halides is 2. The van der Waals surface area contributed by atoms with Gasteiger partial charge in [0.25, 0.3) is 6.43 Å². The number of benzene rings is 1. The summed E-state index contributed by atoms with van der Waals surface area (Å²) in [5, 5.41) is 13.5. The zero-order chi connectivity index (χ0) is 26.5. The molecule has 16 heteroatoms. The molecule has 0 radical (unpaired) electrons. The van der Waals surface area contributed by atoms with Crippen molar-refractivity contribution in [3.8, 4) is 0 Å². The molecule has 2 aliphatic heterocycles. The number of urea groups is 1. The first-order valence-corrected chi connectivity index (χ1v) is 11.3. The van der Waals surface area contributed by atoms with Crippen molar-refractivity contribution in [3.05, 3.63) is 35.7 Å². The molecule has 2 aliphatic rings. The number of hydroxylamine groups is 2. The van der Waals surface area contributed by atoms with E-state index in [1.54, 1.807) is 0 Å². The first kappa shape index (κ1) is 26.1. The van der Waals surface area contributed by atoms with E-state index in [9.17, 15) is 23.2 Å². The zero-order valence-corrected chi connectivity index (χ0v) is 19.3. The lowest BCUT2D eigenvalue weighted by molar-refractivity contribution is -0.129. The predicted octanol–water partition coefficient (Wildman–Crippen LogP) is 1.99. The molecule has 2 fully saturated rings. The number of ether oxygens (including phenoxy) is 1. The average Bonchev–Trinajstić information content (AvgIpc) is 3.44. The van der Waals surface area contributed by atoms with Crippen LogP contribution in [0.25, 0.3) is 0 Å². The Hall–Kier alpha value is -3.95. The molecule has 3 heterocycles. The highest BCUT2D eigenvalue weighted by molar-refractivity contribution is 5.90. The Bertz CT molecular complexity index is 1110. The van der Waals surface area contributed by atoms with Gasteiger partial charge in [-0.2, -0.15) is 15.4 Å². The van der Waals surface area contributed by atoms with Gasteiger partial charge in [0, 0.05) is 31.6 Å². The van der Waals surface area contributed by atoms with Gasteiger partial charge >= 0.3 is 12.1 Å². The van der Waals surface area contributed by atoms with E-state index in [-0.39, 0.29) is 57.1 Å². The van der Waals surface area contributed by atoms with Crippen LogP contribution in [0.2, 0.25) is 0 Å². The number of carbonyl (C=O) groups excluding carboxylic acids is 3. The number of aromatic nitrogens is 3. The van der Waals surface area contributed by atoms with Crippen LogP contribution in [-0.2, 0) is 20.9 Å². The molecule has 0 bridgehead atoms. The molecule has 0 unspecified atom stereocenters. The third-order valence-corrected chi connectivity index (χ3v) is 5.75. The molecule has 1 atom stereocenters. The monoisotopic (exact) mass is 529 g/mol. The largest absolute Gasteiger partial charge is 0.444 e. The van der Waals surface area contributed by atoms with Crippen molar-refractivity contribution < 1.29 is 41.5 Å². The number of Topliss-reactive ketones (excluding diaryl/α,β-unsaturated/α-hetero) is 1. The molecule has 200 valence electrons. The summed E-state index contributed by atoms with van der Waals surface area (Å²) in [5.74, 6) is -3.19. The molecule has 0 spiro atoms. The second-order valence-corrected chi connectivity index (χ2v) is 8.22. The minimum absolute atomic E-state index is 0.00273. The number of H-pyrrole nitrogens is 1. The van der Waals surface area contributed by atoms with Gasteiger partial charge in [0.1, 0.15) is 17.5 Å². The third kappa shape index (κ3) is 6.25. The summed E-state index contributed by atoms with van der Waals surface area (Å²) in [4.78, 5) is 43.4. The van der Waals surface area contributed by atoms with Crippen molar-refractivity contribution in [2.75, 3.05) is 42.6 Å². The fourth-order valence-corrected chi connectivity index (χ4v) is 3.90. The molecule has 2 saturated heterocycles. The number of rotatable bonds is 8. The summed E-state index contributed by atoms with van der Waals surface area (Å²) < 4.78 is 59.9. The number of ketones is 1. The summed E-state index contributed by atoms with van der Waals surface area (Å²) in [6.45, 7) is 0.0521. The Kier molecular flexibility index (Phi) is 8.05. The van der Waals surface area contributed by atoms with Gasteiger partial charge in [0.05, 0.1) is 38.1 Å². The Morgan fingerprint density at radius 2 is 1.95 bits per heavy atom. The topological polar surface area (TPSA) is 133 Å². The van der Waals surface area contributed by atoms with E-state index < -0.39 is 48.5 Å². The highest BCUT2D eigenvalue weighted by Gasteiger charge is 2.34. The van der Waals surface area contributed by atoms with Crippen molar-refractivity contribution in [2.24, 2.45) is 0 Å². The van der Waals surface area contributed by atoms with Gasteiger partial charge in [-0.05, 0) is 6.42 Å². The molecule has 12 nitrogen and oxygen atoms in total. The Morgan fingerprint density at radius 1 is 1.19 bits per heavy atom. The van der Waals surface area contributed by atoms with Crippen molar-refractivity contribution in [1.82, 2.24) is 25.8 Å². The van der Waals surface area contributed by atoms with E-state index in [1.165, 1.54) is 11.1 Å². The SMILES string of the molecule is O=C(CC[C@H]1CN(c2cc(F)c(N3CCON(C(=O)NCc4cn[nH]n4)CC3)c(F)c2)C(=O)O1)C(F)F. The fourth-order valence-electron chi connectivity index (χ4n) is 3.90. The summed E-state index contributed by atoms with van der Waals surface area (Å²) in [6.07, 6.45) is -4.07. The quantitative estimate of drug-likeness (QED) is 0.496. The van der Waals surface area contributed by atoms with Crippen LogP contribution in [0.4, 0.5) is 38.5 Å². The number of halogens is 4. The number of anilines is 2. The molecule has 0 aliphatic carbocycles. The number of carbonyl (C=O) groups is 3. The smallest absolute Gasteiger partial charge is 0.414 e. The van der Waals surface area contributed by atoms with E-state index in [0.717, 1.165) is 22.1 Å². The molecular weight excluding hydrogens is 506 g/mol. The number of cyclic esters (lactones) is 1. The van der Waals surface area contributed by atoms with Crippen LogP contribution in [0.1, 0.15) is 18.5 Å². The summed E-state index contributed by atoms with van der Waals surface area (Å²) in [7, 11) is 0. The lowest BCUT2D eigenvalue weighted by atomic mass is 10.1. The van der Waals surface area contributed by atoms with E-state index in [4.69, 9.17) is 9.57 Å². The average molecular weight is 529 g/mol. The molecule has 1 aromatic carbocycles. The molecule has 0 saturated carbocycles. The molecular formula is C21H23F4N7O5. The van der Waals surface area contributed by atoms with Crippen LogP contribution in [0.3, 0.4) is 0 Å². The van der Waals surface area contributed by atoms with Crippen molar-refractivity contribution in [1.29, 1.82) is 0 Å². The number of amides is 3. The summed E-state index contributed by atoms with van der Waals surface area (Å²) in [6, 6.07) is 1.36. The number of hydrogen-bond donors (Lipinski definition) is 2. The second kappa shape index (κ2) is 11.4. The minimum atomic E-state index is -3.12. The maximum absolute atomic E-state index is 15.0. The van der Waals surface area contributed by atoms with Crippen LogP contribution in [-0.4, -0.2) is 83.7 Å². The van der Waals surface area contributed by atoms with Gasteiger partial charge in [-0.15, -0.1) is 0 Å². The first-order valence-electron chi connectivity index (χ1n) is 11.3. The number of nitrogens with zero attached hydrogens (tertiary/aromatic N) is 5. The molecule has 2 aromatic rings. The van der Waals surface area contributed by atoms with Crippen LogP contribution in [0, 0.1) is 11.6 Å². The highest BCUT2D eigenvalue weighted by Crippen LogP contribution is 2.32.